The average Bonchev–Trinajstić information content (AvgIpc) is 2.52. The molecule has 2 atom stereocenters. The fraction of sp³-hybridized carbons (Fsp3) is 1.00. The van der Waals surface area contributed by atoms with Gasteiger partial charge in [0.2, 0.25) is 0 Å². The highest BCUT2D eigenvalue weighted by molar-refractivity contribution is 4.67. The number of hydrogen-bond acceptors (Lipinski definition) is 4. The third kappa shape index (κ3) is 3.23. The van der Waals surface area contributed by atoms with Gasteiger partial charge < -0.3 is 14.6 Å². The van der Waals surface area contributed by atoms with Crippen molar-refractivity contribution in [3.05, 3.63) is 0 Å². The van der Waals surface area contributed by atoms with E-state index in [0.717, 1.165) is 6.54 Å². The van der Waals surface area contributed by atoms with Crippen LogP contribution in [0.25, 0.3) is 0 Å². The van der Waals surface area contributed by atoms with E-state index in [1.807, 2.05) is 7.05 Å². The van der Waals surface area contributed by atoms with E-state index in [1.165, 1.54) is 0 Å². The Labute approximate surface area is 79.4 Å². The van der Waals surface area contributed by atoms with Gasteiger partial charge in [-0.2, -0.15) is 0 Å². The summed E-state index contributed by atoms with van der Waals surface area (Å²) in [7, 11) is 2.03. The lowest BCUT2D eigenvalue weighted by Crippen LogP contribution is -2.35. The van der Waals surface area contributed by atoms with Crippen LogP contribution in [0.3, 0.4) is 0 Å². The van der Waals surface area contributed by atoms with Crippen LogP contribution in [0, 0.1) is 0 Å². The summed E-state index contributed by atoms with van der Waals surface area (Å²) < 4.78 is 10.8. The number of hydrogen-bond donors (Lipinski definition) is 1. The minimum Gasteiger partial charge on any atom is -0.394 e. The highest BCUT2D eigenvalue weighted by Gasteiger charge is 2.26. The number of aliphatic hydroxyl groups excluding tert-OH is 1. The van der Waals surface area contributed by atoms with E-state index >= 15 is 0 Å². The summed E-state index contributed by atoms with van der Waals surface area (Å²) >= 11 is 0. The van der Waals surface area contributed by atoms with E-state index in [0.29, 0.717) is 12.6 Å². The number of aliphatic hydroxyl groups is 1. The van der Waals surface area contributed by atoms with Crippen LogP contribution in [0.2, 0.25) is 0 Å². The minimum atomic E-state index is -0.176. The maximum Gasteiger partial charge on any atom is 0.170 e. The SMILES string of the molecule is CC(C)N(C)CC1OCC(CO)O1. The molecule has 0 radical (unpaired) electrons. The highest BCUT2D eigenvalue weighted by Crippen LogP contribution is 2.12. The van der Waals surface area contributed by atoms with Crippen LogP contribution < -0.4 is 0 Å². The first-order chi connectivity index (χ1) is 6.13. The van der Waals surface area contributed by atoms with Gasteiger partial charge in [0, 0.05) is 12.6 Å². The molecule has 0 saturated carbocycles. The van der Waals surface area contributed by atoms with Gasteiger partial charge in [0.1, 0.15) is 6.10 Å². The molecule has 1 saturated heterocycles. The normalized spacial score (nSPS) is 29.1. The summed E-state index contributed by atoms with van der Waals surface area (Å²) in [5, 5.41) is 8.81. The van der Waals surface area contributed by atoms with Gasteiger partial charge in [0.05, 0.1) is 13.2 Å². The second kappa shape index (κ2) is 4.91. The van der Waals surface area contributed by atoms with Gasteiger partial charge in [0.15, 0.2) is 6.29 Å². The van der Waals surface area contributed by atoms with Gasteiger partial charge >= 0.3 is 0 Å². The number of nitrogens with zero attached hydrogens (tertiary/aromatic N) is 1. The van der Waals surface area contributed by atoms with Crippen molar-refractivity contribution in [3.8, 4) is 0 Å². The zero-order valence-electron chi connectivity index (χ0n) is 8.56. The lowest BCUT2D eigenvalue weighted by molar-refractivity contribution is -0.0815. The molecule has 1 aliphatic rings. The van der Waals surface area contributed by atoms with Gasteiger partial charge in [-0.15, -0.1) is 0 Å². The monoisotopic (exact) mass is 189 g/mol. The lowest BCUT2D eigenvalue weighted by Gasteiger charge is -2.23. The minimum absolute atomic E-state index is 0.0435. The van der Waals surface area contributed by atoms with E-state index in [-0.39, 0.29) is 19.0 Å². The maximum atomic E-state index is 8.81. The molecular weight excluding hydrogens is 170 g/mol. The topological polar surface area (TPSA) is 41.9 Å². The summed E-state index contributed by atoms with van der Waals surface area (Å²) in [4.78, 5) is 2.16. The van der Waals surface area contributed by atoms with Crippen LogP contribution in [-0.2, 0) is 9.47 Å². The second-order valence-corrected chi connectivity index (χ2v) is 3.74. The Hall–Kier alpha value is -0.160. The molecule has 4 nitrogen and oxygen atoms in total. The summed E-state index contributed by atoms with van der Waals surface area (Å²) in [6.07, 6.45) is -0.310. The number of ether oxygens (including phenoxy) is 2. The summed E-state index contributed by atoms with van der Waals surface area (Å²) in [6.45, 7) is 5.56. The van der Waals surface area contributed by atoms with Crippen molar-refractivity contribution < 1.29 is 14.6 Å². The smallest absolute Gasteiger partial charge is 0.170 e. The predicted molar refractivity (Wildman–Crippen MR) is 49.5 cm³/mol. The van der Waals surface area contributed by atoms with Gasteiger partial charge in [-0.05, 0) is 20.9 Å². The third-order valence-electron chi connectivity index (χ3n) is 2.33. The molecule has 0 bridgehead atoms. The van der Waals surface area contributed by atoms with Crippen LogP contribution in [0.5, 0.6) is 0 Å². The Morgan fingerprint density at radius 2 is 2.23 bits per heavy atom. The van der Waals surface area contributed by atoms with Crippen LogP contribution in [-0.4, -0.2) is 55.2 Å². The number of likely N-dealkylation sites (N-methyl/N-ethyl adjacent to an activating group) is 1. The Morgan fingerprint density at radius 3 is 2.69 bits per heavy atom. The van der Waals surface area contributed by atoms with Gasteiger partial charge in [-0.3, -0.25) is 4.90 Å². The van der Waals surface area contributed by atoms with Crippen LogP contribution in [0.4, 0.5) is 0 Å². The maximum absolute atomic E-state index is 8.81. The molecule has 13 heavy (non-hydrogen) atoms. The van der Waals surface area contributed by atoms with Crippen molar-refractivity contribution in [3.63, 3.8) is 0 Å². The third-order valence-corrected chi connectivity index (χ3v) is 2.33. The van der Waals surface area contributed by atoms with E-state index in [9.17, 15) is 0 Å². The highest BCUT2D eigenvalue weighted by atomic mass is 16.7. The summed E-state index contributed by atoms with van der Waals surface area (Å²) in [5.41, 5.74) is 0. The van der Waals surface area contributed by atoms with Gasteiger partial charge in [0.25, 0.3) is 0 Å². The first-order valence-electron chi connectivity index (χ1n) is 4.71. The van der Waals surface area contributed by atoms with E-state index in [2.05, 4.69) is 18.7 Å². The largest absolute Gasteiger partial charge is 0.394 e. The Kier molecular flexibility index (Phi) is 4.12. The van der Waals surface area contributed by atoms with Gasteiger partial charge in [-0.1, -0.05) is 0 Å². The van der Waals surface area contributed by atoms with Crippen LogP contribution >= 0.6 is 0 Å². The van der Waals surface area contributed by atoms with Crippen molar-refractivity contribution in [2.24, 2.45) is 0 Å². The molecule has 0 aliphatic carbocycles. The molecule has 4 heteroatoms. The molecule has 0 aromatic heterocycles. The van der Waals surface area contributed by atoms with Gasteiger partial charge in [-0.25, -0.2) is 0 Å². The van der Waals surface area contributed by atoms with Crippen molar-refractivity contribution in [2.75, 3.05) is 26.8 Å². The quantitative estimate of drug-likeness (QED) is 0.679. The van der Waals surface area contributed by atoms with Crippen molar-refractivity contribution in [1.29, 1.82) is 0 Å². The molecule has 0 aromatic carbocycles. The standard InChI is InChI=1S/C9H19NO3/c1-7(2)10(3)4-9-12-6-8(5-11)13-9/h7-9,11H,4-6H2,1-3H3. The number of rotatable bonds is 4. The molecule has 78 valence electrons. The molecule has 1 rings (SSSR count). The first kappa shape index (κ1) is 10.9. The van der Waals surface area contributed by atoms with E-state index in [4.69, 9.17) is 14.6 Å². The summed E-state index contributed by atoms with van der Waals surface area (Å²) in [5.74, 6) is 0. The van der Waals surface area contributed by atoms with Crippen LogP contribution in [0.1, 0.15) is 13.8 Å². The molecule has 0 spiro atoms. The Morgan fingerprint density at radius 1 is 1.54 bits per heavy atom. The molecule has 1 aliphatic heterocycles. The fourth-order valence-corrected chi connectivity index (χ4v) is 1.15. The molecule has 0 aromatic rings. The average molecular weight is 189 g/mol. The molecule has 1 N–H and O–H groups in total. The molecule has 1 heterocycles. The van der Waals surface area contributed by atoms with Crippen LogP contribution in [0.15, 0.2) is 0 Å². The van der Waals surface area contributed by atoms with Crippen molar-refractivity contribution in [2.45, 2.75) is 32.3 Å². The van der Waals surface area contributed by atoms with Crippen molar-refractivity contribution in [1.82, 2.24) is 4.90 Å². The predicted octanol–water partition coefficient (Wildman–Crippen LogP) is 0.0604. The van der Waals surface area contributed by atoms with Crippen molar-refractivity contribution >= 4 is 0 Å². The Bertz CT molecular complexity index is 152. The fourth-order valence-electron chi connectivity index (χ4n) is 1.15. The van der Waals surface area contributed by atoms with E-state index in [1.54, 1.807) is 0 Å². The lowest BCUT2D eigenvalue weighted by atomic mass is 10.3. The molecule has 1 fully saturated rings. The Balaban J connectivity index is 2.23. The first-order valence-corrected chi connectivity index (χ1v) is 4.71. The molecular formula is C9H19NO3. The molecule has 2 unspecified atom stereocenters. The summed E-state index contributed by atoms with van der Waals surface area (Å²) in [6, 6.07) is 0.486. The second-order valence-electron chi connectivity index (χ2n) is 3.74. The molecule has 0 amide bonds. The zero-order chi connectivity index (χ0) is 9.84. The van der Waals surface area contributed by atoms with E-state index < -0.39 is 0 Å². The zero-order valence-corrected chi connectivity index (χ0v) is 8.56.